The van der Waals surface area contributed by atoms with Crippen molar-refractivity contribution in [3.05, 3.63) is 58.7 Å². The van der Waals surface area contributed by atoms with Crippen LogP contribution < -0.4 is 0 Å². The Kier molecular flexibility index (Phi) is 3.79. The number of sulfone groups is 1. The smallest absolute Gasteiger partial charge is 0.207 e. The predicted octanol–water partition coefficient (Wildman–Crippen LogP) is 3.69. The SMILES string of the molecule is Cc1c(F)cc(F)cc1S(=O)(=O)c1cc(F)cc(F)c1C. The van der Waals surface area contributed by atoms with Crippen molar-refractivity contribution in [3.63, 3.8) is 0 Å². The van der Waals surface area contributed by atoms with Gasteiger partial charge in [0.25, 0.3) is 0 Å². The van der Waals surface area contributed by atoms with Crippen molar-refractivity contribution in [1.82, 2.24) is 0 Å². The van der Waals surface area contributed by atoms with Crippen molar-refractivity contribution in [3.8, 4) is 0 Å². The van der Waals surface area contributed by atoms with Gasteiger partial charge in [-0.05, 0) is 26.0 Å². The topological polar surface area (TPSA) is 34.1 Å². The molecule has 0 bridgehead atoms. The van der Waals surface area contributed by atoms with Gasteiger partial charge in [-0.1, -0.05) is 0 Å². The first-order chi connectivity index (χ1) is 9.64. The molecule has 0 N–H and O–H groups in total. The van der Waals surface area contributed by atoms with E-state index in [9.17, 15) is 26.0 Å². The summed E-state index contributed by atoms with van der Waals surface area (Å²) in [6.07, 6.45) is 0. The molecular formula is C14H10F4O2S. The number of halogens is 4. The van der Waals surface area contributed by atoms with E-state index in [0.717, 1.165) is 13.8 Å². The molecule has 0 radical (unpaired) electrons. The highest BCUT2D eigenvalue weighted by molar-refractivity contribution is 7.91. The highest BCUT2D eigenvalue weighted by Gasteiger charge is 2.26. The summed E-state index contributed by atoms with van der Waals surface area (Å²) in [5, 5.41) is 0. The van der Waals surface area contributed by atoms with Crippen LogP contribution in [0.5, 0.6) is 0 Å². The van der Waals surface area contributed by atoms with Crippen molar-refractivity contribution < 1.29 is 26.0 Å². The van der Waals surface area contributed by atoms with Gasteiger partial charge in [-0.3, -0.25) is 0 Å². The monoisotopic (exact) mass is 318 g/mol. The first-order valence-electron chi connectivity index (χ1n) is 5.81. The number of benzene rings is 2. The quantitative estimate of drug-likeness (QED) is 0.791. The lowest BCUT2D eigenvalue weighted by molar-refractivity contribution is 0.553. The van der Waals surface area contributed by atoms with Gasteiger partial charge in [-0.25, -0.2) is 26.0 Å². The molecule has 0 saturated heterocycles. The Morgan fingerprint density at radius 3 is 1.38 bits per heavy atom. The minimum Gasteiger partial charge on any atom is -0.218 e. The lowest BCUT2D eigenvalue weighted by Crippen LogP contribution is -2.09. The van der Waals surface area contributed by atoms with E-state index < -0.39 is 42.9 Å². The predicted molar refractivity (Wildman–Crippen MR) is 67.6 cm³/mol. The molecule has 2 aromatic rings. The third kappa shape index (κ3) is 2.65. The first kappa shape index (κ1) is 15.5. The van der Waals surface area contributed by atoms with Crippen LogP contribution in [0.15, 0.2) is 34.1 Å². The van der Waals surface area contributed by atoms with Crippen molar-refractivity contribution in [1.29, 1.82) is 0 Å². The molecule has 21 heavy (non-hydrogen) atoms. The van der Waals surface area contributed by atoms with Crippen LogP contribution >= 0.6 is 0 Å². The average molecular weight is 318 g/mol. The van der Waals surface area contributed by atoms with E-state index in [-0.39, 0.29) is 11.1 Å². The van der Waals surface area contributed by atoms with Crippen LogP contribution in [0.25, 0.3) is 0 Å². The molecule has 112 valence electrons. The minimum atomic E-state index is -4.45. The van der Waals surface area contributed by atoms with E-state index in [2.05, 4.69) is 0 Å². The maximum atomic E-state index is 13.5. The van der Waals surface area contributed by atoms with E-state index in [1.54, 1.807) is 0 Å². The summed E-state index contributed by atoms with van der Waals surface area (Å²) in [6.45, 7) is 2.29. The van der Waals surface area contributed by atoms with Crippen LogP contribution in [0, 0.1) is 37.1 Å². The zero-order valence-corrected chi connectivity index (χ0v) is 11.9. The minimum absolute atomic E-state index is 0.319. The highest BCUT2D eigenvalue weighted by Crippen LogP contribution is 2.30. The molecule has 0 spiro atoms. The molecule has 0 aromatic heterocycles. The molecule has 2 rings (SSSR count). The molecule has 0 heterocycles. The molecule has 0 unspecified atom stereocenters. The molecule has 2 aromatic carbocycles. The van der Waals surface area contributed by atoms with Gasteiger partial charge in [0.2, 0.25) is 9.84 Å². The van der Waals surface area contributed by atoms with E-state index in [0.29, 0.717) is 24.3 Å². The average Bonchev–Trinajstić information content (AvgIpc) is 2.37. The van der Waals surface area contributed by atoms with Gasteiger partial charge in [0.05, 0.1) is 9.79 Å². The van der Waals surface area contributed by atoms with Gasteiger partial charge >= 0.3 is 0 Å². The van der Waals surface area contributed by atoms with Crippen LogP contribution in [0.4, 0.5) is 17.6 Å². The van der Waals surface area contributed by atoms with Crippen LogP contribution in [0.2, 0.25) is 0 Å². The third-order valence-electron chi connectivity index (χ3n) is 3.10. The molecule has 0 aliphatic rings. The maximum absolute atomic E-state index is 13.5. The summed E-state index contributed by atoms with van der Waals surface area (Å²) in [6, 6.07) is 2.31. The van der Waals surface area contributed by atoms with Gasteiger partial charge in [0.1, 0.15) is 23.3 Å². The Morgan fingerprint density at radius 1 is 0.714 bits per heavy atom. The van der Waals surface area contributed by atoms with Gasteiger partial charge < -0.3 is 0 Å². The molecule has 0 atom stereocenters. The zero-order chi connectivity index (χ0) is 15.9. The van der Waals surface area contributed by atoms with Crippen LogP contribution in [0.1, 0.15) is 11.1 Å². The zero-order valence-electron chi connectivity index (χ0n) is 11.0. The summed E-state index contributed by atoms with van der Waals surface area (Å²) < 4.78 is 78.3. The second-order valence-electron chi connectivity index (χ2n) is 4.52. The standard InChI is InChI=1S/C14H10F4O2S/c1-7-11(17)3-9(15)5-13(7)21(19,20)14-6-10(16)4-12(18)8(14)2/h3-6H,1-2H3. The number of rotatable bonds is 2. The first-order valence-corrected chi connectivity index (χ1v) is 7.29. The molecule has 0 fully saturated rings. The van der Waals surface area contributed by atoms with E-state index in [4.69, 9.17) is 0 Å². The molecule has 2 nitrogen and oxygen atoms in total. The summed E-state index contributed by atoms with van der Waals surface area (Å²) in [5.74, 6) is -4.29. The second kappa shape index (κ2) is 5.14. The largest absolute Gasteiger partial charge is 0.218 e. The maximum Gasteiger partial charge on any atom is 0.207 e. The van der Waals surface area contributed by atoms with Crippen LogP contribution in [0.3, 0.4) is 0 Å². The lowest BCUT2D eigenvalue weighted by Gasteiger charge is -2.12. The Labute approximate surface area is 119 Å². The van der Waals surface area contributed by atoms with Crippen molar-refractivity contribution >= 4 is 9.84 Å². The van der Waals surface area contributed by atoms with Crippen molar-refractivity contribution in [2.24, 2.45) is 0 Å². The molecule has 0 amide bonds. The Hall–Kier alpha value is -1.89. The molecule has 0 saturated carbocycles. The van der Waals surface area contributed by atoms with Crippen LogP contribution in [-0.2, 0) is 9.84 Å². The van der Waals surface area contributed by atoms with Gasteiger partial charge in [0, 0.05) is 23.3 Å². The van der Waals surface area contributed by atoms with E-state index >= 15 is 0 Å². The Balaban J connectivity index is 2.81. The normalized spacial score (nSPS) is 11.7. The van der Waals surface area contributed by atoms with Gasteiger partial charge in [-0.15, -0.1) is 0 Å². The fourth-order valence-electron chi connectivity index (χ4n) is 1.92. The number of hydrogen-bond acceptors (Lipinski definition) is 2. The molecule has 0 aliphatic carbocycles. The van der Waals surface area contributed by atoms with Crippen LogP contribution in [-0.4, -0.2) is 8.42 Å². The second-order valence-corrected chi connectivity index (χ2v) is 6.41. The van der Waals surface area contributed by atoms with Gasteiger partial charge in [-0.2, -0.15) is 0 Å². The van der Waals surface area contributed by atoms with Crippen molar-refractivity contribution in [2.75, 3.05) is 0 Å². The highest BCUT2D eigenvalue weighted by atomic mass is 32.2. The summed E-state index contributed by atoms with van der Waals surface area (Å²) in [7, 11) is -4.45. The third-order valence-corrected chi connectivity index (χ3v) is 5.11. The van der Waals surface area contributed by atoms with E-state index in [1.165, 1.54) is 0 Å². The molecular weight excluding hydrogens is 308 g/mol. The number of hydrogen-bond donors (Lipinski definition) is 0. The summed E-state index contributed by atoms with van der Waals surface area (Å²) >= 11 is 0. The Morgan fingerprint density at radius 2 is 1.05 bits per heavy atom. The fourth-order valence-corrected chi connectivity index (χ4v) is 3.69. The van der Waals surface area contributed by atoms with Crippen molar-refractivity contribution in [2.45, 2.75) is 23.6 Å². The summed E-state index contributed by atoms with van der Waals surface area (Å²) in [4.78, 5) is -1.32. The Bertz CT molecular complexity index is 766. The lowest BCUT2D eigenvalue weighted by atomic mass is 10.2. The fraction of sp³-hybridized carbons (Fsp3) is 0.143. The van der Waals surface area contributed by atoms with Gasteiger partial charge in [0.15, 0.2) is 0 Å². The molecule has 0 aliphatic heterocycles. The molecule has 7 heteroatoms. The summed E-state index contributed by atoms with van der Waals surface area (Å²) in [5.41, 5.74) is -0.638. The van der Waals surface area contributed by atoms with E-state index in [1.807, 2.05) is 0 Å².